The molecule has 0 aromatic rings. The molecule has 66 valence electrons. The van der Waals surface area contributed by atoms with Crippen LogP contribution < -0.4 is 0 Å². The van der Waals surface area contributed by atoms with Gasteiger partial charge in [-0.15, -0.1) is 0 Å². The van der Waals surface area contributed by atoms with Gasteiger partial charge in [0.1, 0.15) is 0 Å². The largest absolute Gasteiger partial charge is 0.393 e. The van der Waals surface area contributed by atoms with Crippen LogP contribution in [0.1, 0.15) is 32.6 Å². The Labute approximate surface area is 68.6 Å². The molecule has 0 bridgehead atoms. The van der Waals surface area contributed by atoms with Gasteiger partial charge in [-0.25, -0.2) is 0 Å². The van der Waals surface area contributed by atoms with Crippen LogP contribution in [-0.4, -0.2) is 24.4 Å². The molecule has 1 fully saturated rings. The van der Waals surface area contributed by atoms with Crippen LogP contribution in [0.5, 0.6) is 0 Å². The summed E-state index contributed by atoms with van der Waals surface area (Å²) in [4.78, 5) is 0. The molecule has 2 heteroatoms. The normalized spacial score (nSPS) is 28.4. The number of ether oxygens (including phenoxy) is 1. The monoisotopic (exact) mass is 158 g/mol. The molecule has 0 spiro atoms. The third kappa shape index (κ3) is 2.80. The maximum Gasteiger partial charge on any atom is 0.0590 e. The highest BCUT2D eigenvalue weighted by Gasteiger charge is 2.20. The molecule has 2 atom stereocenters. The average Bonchev–Trinajstić information content (AvgIpc) is 2.07. The van der Waals surface area contributed by atoms with E-state index in [0.29, 0.717) is 5.92 Å². The van der Waals surface area contributed by atoms with E-state index in [-0.39, 0.29) is 6.10 Å². The van der Waals surface area contributed by atoms with Crippen molar-refractivity contribution >= 4 is 0 Å². The van der Waals surface area contributed by atoms with Crippen LogP contribution in [0.15, 0.2) is 0 Å². The predicted octanol–water partition coefficient (Wildman–Crippen LogP) is 1.57. The third-order valence-corrected chi connectivity index (χ3v) is 2.32. The van der Waals surface area contributed by atoms with Crippen molar-refractivity contribution in [2.75, 3.05) is 13.2 Å². The molecule has 11 heavy (non-hydrogen) atoms. The van der Waals surface area contributed by atoms with E-state index >= 15 is 0 Å². The van der Waals surface area contributed by atoms with Gasteiger partial charge in [-0.1, -0.05) is 13.3 Å². The Balaban J connectivity index is 2.21. The molecular formula is C9H18O2. The summed E-state index contributed by atoms with van der Waals surface area (Å²) in [7, 11) is 0. The van der Waals surface area contributed by atoms with E-state index in [1.165, 1.54) is 0 Å². The standard InChI is InChI=1S/C9H18O2/c1-2-4-9(10)8-5-3-6-11-7-8/h8-10H,2-7H2,1H3. The fourth-order valence-corrected chi connectivity index (χ4v) is 1.60. The Morgan fingerprint density at radius 3 is 3.00 bits per heavy atom. The molecule has 1 heterocycles. The van der Waals surface area contributed by atoms with Gasteiger partial charge >= 0.3 is 0 Å². The van der Waals surface area contributed by atoms with Gasteiger partial charge in [-0.3, -0.25) is 0 Å². The highest BCUT2D eigenvalue weighted by atomic mass is 16.5. The SMILES string of the molecule is CCCC(O)C1CCCOC1. The molecule has 0 aromatic carbocycles. The maximum absolute atomic E-state index is 9.59. The molecule has 1 aliphatic heterocycles. The zero-order valence-electron chi connectivity index (χ0n) is 7.25. The highest BCUT2D eigenvalue weighted by Crippen LogP contribution is 2.19. The number of hydrogen-bond acceptors (Lipinski definition) is 2. The second-order valence-corrected chi connectivity index (χ2v) is 3.33. The number of rotatable bonds is 3. The van der Waals surface area contributed by atoms with E-state index in [4.69, 9.17) is 4.74 Å². The first-order valence-corrected chi connectivity index (χ1v) is 4.60. The minimum absolute atomic E-state index is 0.125. The van der Waals surface area contributed by atoms with E-state index in [1.807, 2.05) is 0 Å². The lowest BCUT2D eigenvalue weighted by molar-refractivity contribution is -0.0120. The van der Waals surface area contributed by atoms with Crippen LogP contribution in [0.4, 0.5) is 0 Å². The quantitative estimate of drug-likeness (QED) is 0.675. The maximum atomic E-state index is 9.59. The summed E-state index contributed by atoms with van der Waals surface area (Å²) in [5, 5.41) is 9.59. The minimum atomic E-state index is -0.125. The van der Waals surface area contributed by atoms with Gasteiger partial charge in [0.15, 0.2) is 0 Å². The van der Waals surface area contributed by atoms with Gasteiger partial charge in [0.05, 0.1) is 12.7 Å². The van der Waals surface area contributed by atoms with Crippen LogP contribution >= 0.6 is 0 Å². The molecule has 0 aromatic heterocycles. The van der Waals surface area contributed by atoms with Gasteiger partial charge in [-0.05, 0) is 19.3 Å². The summed E-state index contributed by atoms with van der Waals surface area (Å²) in [5.74, 6) is 0.406. The van der Waals surface area contributed by atoms with Crippen LogP contribution in [-0.2, 0) is 4.74 Å². The second-order valence-electron chi connectivity index (χ2n) is 3.33. The van der Waals surface area contributed by atoms with Gasteiger partial charge < -0.3 is 9.84 Å². The first kappa shape index (κ1) is 9.01. The first-order chi connectivity index (χ1) is 5.34. The minimum Gasteiger partial charge on any atom is -0.393 e. The van der Waals surface area contributed by atoms with E-state index in [0.717, 1.165) is 38.9 Å². The first-order valence-electron chi connectivity index (χ1n) is 4.60. The molecule has 1 N–H and O–H groups in total. The molecule has 1 saturated heterocycles. The van der Waals surface area contributed by atoms with Crippen molar-refractivity contribution in [3.8, 4) is 0 Å². The summed E-state index contributed by atoms with van der Waals surface area (Å²) >= 11 is 0. The van der Waals surface area contributed by atoms with Gasteiger partial charge in [0.25, 0.3) is 0 Å². The molecule has 0 amide bonds. The lowest BCUT2D eigenvalue weighted by Gasteiger charge is -2.26. The molecule has 1 aliphatic rings. The zero-order valence-corrected chi connectivity index (χ0v) is 7.25. The Bertz CT molecular complexity index is 97.7. The van der Waals surface area contributed by atoms with E-state index < -0.39 is 0 Å². The zero-order chi connectivity index (χ0) is 8.10. The lowest BCUT2D eigenvalue weighted by Crippen LogP contribution is -2.28. The van der Waals surface area contributed by atoms with Crippen molar-refractivity contribution in [1.82, 2.24) is 0 Å². The van der Waals surface area contributed by atoms with Crippen molar-refractivity contribution < 1.29 is 9.84 Å². The molecule has 0 radical (unpaired) electrons. The summed E-state index contributed by atoms with van der Waals surface area (Å²) in [5.41, 5.74) is 0. The number of hydrogen-bond donors (Lipinski definition) is 1. The van der Waals surface area contributed by atoms with Crippen LogP contribution in [0.25, 0.3) is 0 Å². The highest BCUT2D eigenvalue weighted by molar-refractivity contribution is 4.70. The van der Waals surface area contributed by atoms with E-state index in [9.17, 15) is 5.11 Å². The Kier molecular flexibility index (Phi) is 3.87. The lowest BCUT2D eigenvalue weighted by atomic mass is 9.93. The molecule has 0 aliphatic carbocycles. The fourth-order valence-electron chi connectivity index (χ4n) is 1.60. The van der Waals surface area contributed by atoms with Gasteiger partial charge in [-0.2, -0.15) is 0 Å². The molecule has 2 nitrogen and oxygen atoms in total. The average molecular weight is 158 g/mol. The van der Waals surface area contributed by atoms with Crippen LogP contribution in [0.2, 0.25) is 0 Å². The van der Waals surface area contributed by atoms with Crippen LogP contribution in [0.3, 0.4) is 0 Å². The molecule has 1 rings (SSSR count). The topological polar surface area (TPSA) is 29.5 Å². The third-order valence-electron chi connectivity index (χ3n) is 2.32. The predicted molar refractivity (Wildman–Crippen MR) is 44.5 cm³/mol. The van der Waals surface area contributed by atoms with Crippen molar-refractivity contribution in [1.29, 1.82) is 0 Å². The fraction of sp³-hybridized carbons (Fsp3) is 1.00. The Morgan fingerprint density at radius 2 is 2.45 bits per heavy atom. The summed E-state index contributed by atoms with van der Waals surface area (Å²) in [6.07, 6.45) is 4.12. The summed E-state index contributed by atoms with van der Waals surface area (Å²) in [6.45, 7) is 3.75. The van der Waals surface area contributed by atoms with E-state index in [1.54, 1.807) is 0 Å². The molecular weight excluding hydrogens is 140 g/mol. The molecule has 2 unspecified atom stereocenters. The number of aliphatic hydroxyl groups is 1. The van der Waals surface area contributed by atoms with Crippen molar-refractivity contribution in [3.63, 3.8) is 0 Å². The smallest absolute Gasteiger partial charge is 0.0590 e. The number of aliphatic hydroxyl groups excluding tert-OH is 1. The Hall–Kier alpha value is -0.0800. The summed E-state index contributed by atoms with van der Waals surface area (Å²) < 4.78 is 5.29. The second kappa shape index (κ2) is 4.73. The summed E-state index contributed by atoms with van der Waals surface area (Å²) in [6, 6.07) is 0. The van der Waals surface area contributed by atoms with Gasteiger partial charge in [0, 0.05) is 12.5 Å². The van der Waals surface area contributed by atoms with Gasteiger partial charge in [0.2, 0.25) is 0 Å². The van der Waals surface area contributed by atoms with Crippen molar-refractivity contribution in [3.05, 3.63) is 0 Å². The van der Waals surface area contributed by atoms with Crippen molar-refractivity contribution in [2.45, 2.75) is 38.7 Å². The Morgan fingerprint density at radius 1 is 1.64 bits per heavy atom. The van der Waals surface area contributed by atoms with Crippen molar-refractivity contribution in [2.24, 2.45) is 5.92 Å². The molecule has 0 saturated carbocycles. The van der Waals surface area contributed by atoms with E-state index in [2.05, 4.69) is 6.92 Å². The van der Waals surface area contributed by atoms with Crippen LogP contribution in [0, 0.1) is 5.92 Å².